The van der Waals surface area contributed by atoms with Gasteiger partial charge in [-0.1, -0.05) is 11.6 Å². The number of rotatable bonds is 2. The SMILES string of the molecule is O=S(=O)(F)Cc1cc(F)c(Cl)cc1F. The number of hydrogen-bond acceptors (Lipinski definition) is 2. The number of hydrogen-bond donors (Lipinski definition) is 0. The van der Waals surface area contributed by atoms with Crippen LogP contribution < -0.4 is 0 Å². The molecular formula is C7H4ClF3O2S. The lowest BCUT2D eigenvalue weighted by molar-refractivity contribution is 0.545. The fourth-order valence-electron chi connectivity index (χ4n) is 0.860. The van der Waals surface area contributed by atoms with Gasteiger partial charge in [0.1, 0.15) is 17.4 Å². The van der Waals surface area contributed by atoms with Crippen LogP contribution in [0.4, 0.5) is 12.7 Å². The van der Waals surface area contributed by atoms with Crippen molar-refractivity contribution in [2.75, 3.05) is 0 Å². The minimum Gasteiger partial charge on any atom is -0.207 e. The second kappa shape index (κ2) is 3.78. The van der Waals surface area contributed by atoms with Crippen LogP contribution in [0.25, 0.3) is 0 Å². The van der Waals surface area contributed by atoms with Crippen LogP contribution in [-0.2, 0) is 16.0 Å². The van der Waals surface area contributed by atoms with Gasteiger partial charge in [-0.15, -0.1) is 3.89 Å². The Morgan fingerprint density at radius 2 is 1.79 bits per heavy atom. The second-order valence-corrected chi connectivity index (χ2v) is 4.31. The van der Waals surface area contributed by atoms with E-state index in [2.05, 4.69) is 0 Å². The predicted molar refractivity (Wildman–Crippen MR) is 45.1 cm³/mol. The van der Waals surface area contributed by atoms with Gasteiger partial charge in [-0.05, 0) is 12.1 Å². The van der Waals surface area contributed by atoms with E-state index in [1.807, 2.05) is 0 Å². The third-order valence-electron chi connectivity index (χ3n) is 1.42. The van der Waals surface area contributed by atoms with E-state index in [9.17, 15) is 21.1 Å². The normalized spacial score (nSPS) is 11.7. The van der Waals surface area contributed by atoms with E-state index in [0.29, 0.717) is 12.1 Å². The lowest BCUT2D eigenvalue weighted by Gasteiger charge is -2.01. The third kappa shape index (κ3) is 2.88. The largest absolute Gasteiger partial charge is 0.306 e. The van der Waals surface area contributed by atoms with Gasteiger partial charge in [0.15, 0.2) is 0 Å². The first kappa shape index (κ1) is 11.3. The van der Waals surface area contributed by atoms with Crippen molar-refractivity contribution in [2.45, 2.75) is 5.75 Å². The predicted octanol–water partition coefficient (Wildman–Crippen LogP) is 2.42. The minimum absolute atomic E-state index is 0.484. The molecule has 0 unspecified atom stereocenters. The van der Waals surface area contributed by atoms with Crippen molar-refractivity contribution >= 4 is 21.8 Å². The van der Waals surface area contributed by atoms with Crippen LogP contribution >= 0.6 is 11.6 Å². The lowest BCUT2D eigenvalue weighted by Crippen LogP contribution is -2.00. The molecule has 0 spiro atoms. The van der Waals surface area contributed by atoms with Gasteiger partial charge in [0.05, 0.1) is 5.02 Å². The molecule has 78 valence electrons. The van der Waals surface area contributed by atoms with Crippen molar-refractivity contribution in [3.8, 4) is 0 Å². The van der Waals surface area contributed by atoms with E-state index in [4.69, 9.17) is 11.6 Å². The van der Waals surface area contributed by atoms with Crippen LogP contribution in [0.5, 0.6) is 0 Å². The van der Waals surface area contributed by atoms with Crippen molar-refractivity contribution in [1.82, 2.24) is 0 Å². The van der Waals surface area contributed by atoms with Gasteiger partial charge in [-0.25, -0.2) is 8.78 Å². The van der Waals surface area contributed by atoms with Crippen molar-refractivity contribution in [3.63, 3.8) is 0 Å². The Labute approximate surface area is 83.5 Å². The molecule has 0 aliphatic heterocycles. The zero-order valence-electron chi connectivity index (χ0n) is 6.60. The average Bonchev–Trinajstić information content (AvgIpc) is 1.97. The molecule has 0 aliphatic rings. The summed E-state index contributed by atoms with van der Waals surface area (Å²) in [6, 6.07) is 1.15. The van der Waals surface area contributed by atoms with E-state index in [1.54, 1.807) is 0 Å². The van der Waals surface area contributed by atoms with Gasteiger partial charge in [0, 0.05) is 5.56 Å². The number of halogens is 4. The van der Waals surface area contributed by atoms with Gasteiger partial charge in [0.2, 0.25) is 0 Å². The Morgan fingerprint density at radius 1 is 1.21 bits per heavy atom. The molecule has 7 heteroatoms. The van der Waals surface area contributed by atoms with Gasteiger partial charge in [0.25, 0.3) is 0 Å². The fourth-order valence-corrected chi connectivity index (χ4v) is 1.60. The molecule has 0 amide bonds. The number of benzene rings is 1. The van der Waals surface area contributed by atoms with Gasteiger partial charge in [-0.2, -0.15) is 8.42 Å². The fraction of sp³-hybridized carbons (Fsp3) is 0.143. The smallest absolute Gasteiger partial charge is 0.207 e. The highest BCUT2D eigenvalue weighted by molar-refractivity contribution is 7.85. The maximum Gasteiger partial charge on any atom is 0.306 e. The van der Waals surface area contributed by atoms with Crippen molar-refractivity contribution in [2.24, 2.45) is 0 Å². The first-order chi connectivity index (χ1) is 6.29. The summed E-state index contributed by atoms with van der Waals surface area (Å²) in [6.45, 7) is 0. The Balaban J connectivity index is 3.17. The first-order valence-electron chi connectivity index (χ1n) is 3.35. The molecule has 0 atom stereocenters. The summed E-state index contributed by atoms with van der Waals surface area (Å²) < 4.78 is 58.1. The summed E-state index contributed by atoms with van der Waals surface area (Å²) in [5.41, 5.74) is -0.589. The Morgan fingerprint density at radius 3 is 2.29 bits per heavy atom. The molecule has 0 radical (unpaired) electrons. The zero-order chi connectivity index (χ0) is 10.9. The molecule has 0 fully saturated rings. The summed E-state index contributed by atoms with van der Waals surface area (Å²) in [5.74, 6) is -3.25. The Bertz CT molecular complexity index is 458. The Hall–Kier alpha value is -0.750. The first-order valence-corrected chi connectivity index (χ1v) is 5.28. The quantitative estimate of drug-likeness (QED) is 0.591. The van der Waals surface area contributed by atoms with E-state index < -0.39 is 38.2 Å². The standard InChI is InChI=1S/C7H4ClF3O2S/c8-5-2-6(9)4(1-7(5)10)3-14(11,12)13/h1-2H,3H2. The highest BCUT2D eigenvalue weighted by atomic mass is 35.5. The molecule has 0 bridgehead atoms. The lowest BCUT2D eigenvalue weighted by atomic mass is 10.2. The van der Waals surface area contributed by atoms with Crippen LogP contribution in [0.2, 0.25) is 5.02 Å². The van der Waals surface area contributed by atoms with Crippen molar-refractivity contribution in [1.29, 1.82) is 0 Å². The monoisotopic (exact) mass is 244 g/mol. The molecule has 1 aromatic carbocycles. The molecule has 0 saturated carbocycles. The van der Waals surface area contributed by atoms with Crippen LogP contribution in [0.15, 0.2) is 12.1 Å². The summed E-state index contributed by atoms with van der Waals surface area (Å²) >= 11 is 5.20. The van der Waals surface area contributed by atoms with E-state index >= 15 is 0 Å². The van der Waals surface area contributed by atoms with Gasteiger partial charge in [-0.3, -0.25) is 0 Å². The zero-order valence-corrected chi connectivity index (χ0v) is 8.17. The maximum atomic E-state index is 12.9. The highest BCUT2D eigenvalue weighted by Crippen LogP contribution is 2.21. The molecule has 2 nitrogen and oxygen atoms in total. The minimum atomic E-state index is -4.88. The molecule has 0 aliphatic carbocycles. The summed E-state index contributed by atoms with van der Waals surface area (Å²) in [7, 11) is -4.88. The van der Waals surface area contributed by atoms with Crippen LogP contribution in [-0.4, -0.2) is 8.42 Å². The molecule has 0 heterocycles. The summed E-state index contributed by atoms with van der Waals surface area (Å²) in [6.07, 6.45) is 0. The summed E-state index contributed by atoms with van der Waals surface area (Å²) in [5, 5.41) is -0.484. The molecular weight excluding hydrogens is 241 g/mol. The molecule has 0 saturated heterocycles. The van der Waals surface area contributed by atoms with Gasteiger partial charge < -0.3 is 0 Å². The topological polar surface area (TPSA) is 34.1 Å². The molecule has 0 N–H and O–H groups in total. The van der Waals surface area contributed by atoms with Crippen LogP contribution in [0.1, 0.15) is 5.56 Å². The average molecular weight is 245 g/mol. The molecule has 1 aromatic rings. The third-order valence-corrected chi connectivity index (χ3v) is 2.36. The summed E-state index contributed by atoms with van der Waals surface area (Å²) in [4.78, 5) is 0. The van der Waals surface area contributed by atoms with Gasteiger partial charge >= 0.3 is 10.2 Å². The van der Waals surface area contributed by atoms with E-state index in [0.717, 1.165) is 0 Å². The van der Waals surface area contributed by atoms with E-state index in [1.165, 1.54) is 0 Å². The Kier molecular flexibility index (Phi) is 3.06. The van der Waals surface area contributed by atoms with Crippen LogP contribution in [0.3, 0.4) is 0 Å². The maximum absolute atomic E-state index is 12.9. The van der Waals surface area contributed by atoms with Crippen molar-refractivity contribution in [3.05, 3.63) is 34.4 Å². The molecule has 0 aromatic heterocycles. The highest BCUT2D eigenvalue weighted by Gasteiger charge is 2.15. The molecule has 14 heavy (non-hydrogen) atoms. The van der Waals surface area contributed by atoms with E-state index in [-0.39, 0.29) is 0 Å². The van der Waals surface area contributed by atoms with Crippen LogP contribution in [0, 0.1) is 11.6 Å². The molecule has 1 rings (SSSR count). The second-order valence-electron chi connectivity index (χ2n) is 2.54. The van der Waals surface area contributed by atoms with Crippen molar-refractivity contribution < 1.29 is 21.1 Å².